The maximum absolute atomic E-state index is 13.7. The van der Waals surface area contributed by atoms with E-state index in [9.17, 15) is 9.65 Å². The number of ether oxygens (including phenoxy) is 1. The highest BCUT2D eigenvalue weighted by molar-refractivity contribution is 5.33. The molecule has 1 fully saturated rings. The molecule has 1 aliphatic carbocycles. The van der Waals surface area contributed by atoms with E-state index in [0.717, 1.165) is 12.8 Å². The van der Waals surface area contributed by atoms with Crippen molar-refractivity contribution in [3.05, 3.63) is 29.6 Å². The number of hydrogen-bond donors (Lipinski definition) is 1. The van der Waals surface area contributed by atoms with Gasteiger partial charge < -0.3 is 4.74 Å². The molecule has 2 rings (SSSR count). The largest absolute Gasteiger partial charge is 0.494 e. The summed E-state index contributed by atoms with van der Waals surface area (Å²) in [5.74, 6) is -0.219. The van der Waals surface area contributed by atoms with Crippen LogP contribution in [0.25, 0.3) is 0 Å². The first-order chi connectivity index (χ1) is 9.24. The van der Waals surface area contributed by atoms with E-state index in [4.69, 9.17) is 4.74 Å². The molecule has 1 atom stereocenters. The summed E-state index contributed by atoms with van der Waals surface area (Å²) in [5, 5.41) is 12.6. The van der Waals surface area contributed by atoms with Crippen LogP contribution in [0.3, 0.4) is 0 Å². The average molecular weight is 262 g/mol. The number of methoxy groups -OCH3 is 1. The van der Waals surface area contributed by atoms with Crippen molar-refractivity contribution in [3.63, 3.8) is 0 Å². The van der Waals surface area contributed by atoms with Gasteiger partial charge in [-0.05, 0) is 30.5 Å². The van der Waals surface area contributed by atoms with Gasteiger partial charge >= 0.3 is 0 Å². The fourth-order valence-corrected chi connectivity index (χ4v) is 2.58. The third-order valence-electron chi connectivity index (χ3n) is 3.65. The minimum atomic E-state index is -0.455. The van der Waals surface area contributed by atoms with Gasteiger partial charge in [-0.2, -0.15) is 5.26 Å². The molecular formula is C15H19FN2O. The van der Waals surface area contributed by atoms with Gasteiger partial charge in [-0.15, -0.1) is 0 Å². The predicted octanol–water partition coefficient (Wildman–Crippen LogP) is 3.32. The molecule has 1 aliphatic rings. The average Bonchev–Trinajstić information content (AvgIpc) is 2.46. The SMILES string of the molecule is COc1ccc(C(C#N)NC2CCCCC2)cc1F. The van der Waals surface area contributed by atoms with Crippen molar-refractivity contribution < 1.29 is 9.13 Å². The summed E-state index contributed by atoms with van der Waals surface area (Å²) >= 11 is 0. The molecule has 0 heterocycles. The van der Waals surface area contributed by atoms with E-state index < -0.39 is 11.9 Å². The lowest BCUT2D eigenvalue weighted by Gasteiger charge is -2.25. The number of nitriles is 1. The van der Waals surface area contributed by atoms with Crippen molar-refractivity contribution in [2.24, 2.45) is 0 Å². The van der Waals surface area contributed by atoms with Crippen LogP contribution in [0.4, 0.5) is 4.39 Å². The monoisotopic (exact) mass is 262 g/mol. The van der Waals surface area contributed by atoms with Crippen molar-refractivity contribution in [1.29, 1.82) is 5.26 Å². The molecular weight excluding hydrogens is 243 g/mol. The molecule has 102 valence electrons. The summed E-state index contributed by atoms with van der Waals surface area (Å²) in [6.45, 7) is 0. The Morgan fingerprint density at radius 2 is 2.11 bits per heavy atom. The normalized spacial score (nSPS) is 17.7. The van der Waals surface area contributed by atoms with Gasteiger partial charge in [0.05, 0.1) is 13.2 Å². The van der Waals surface area contributed by atoms with Gasteiger partial charge in [0, 0.05) is 6.04 Å². The first-order valence-electron chi connectivity index (χ1n) is 6.73. The zero-order chi connectivity index (χ0) is 13.7. The second-order valence-corrected chi connectivity index (χ2v) is 4.96. The maximum Gasteiger partial charge on any atom is 0.165 e. The fourth-order valence-electron chi connectivity index (χ4n) is 2.58. The second kappa shape index (κ2) is 6.53. The van der Waals surface area contributed by atoms with Gasteiger partial charge in [-0.3, -0.25) is 5.32 Å². The molecule has 1 unspecified atom stereocenters. The van der Waals surface area contributed by atoms with Crippen molar-refractivity contribution >= 4 is 0 Å². The van der Waals surface area contributed by atoms with Crippen LogP contribution in [0.1, 0.15) is 43.7 Å². The zero-order valence-electron chi connectivity index (χ0n) is 11.2. The Kier molecular flexibility index (Phi) is 4.75. The Hall–Kier alpha value is -1.60. The van der Waals surface area contributed by atoms with Gasteiger partial charge in [0.15, 0.2) is 11.6 Å². The summed E-state index contributed by atoms with van der Waals surface area (Å²) in [6, 6.07) is 6.81. The highest BCUT2D eigenvalue weighted by Crippen LogP contribution is 2.24. The van der Waals surface area contributed by atoms with Crippen LogP contribution in [0.5, 0.6) is 5.75 Å². The Labute approximate surface area is 113 Å². The van der Waals surface area contributed by atoms with Crippen molar-refractivity contribution in [2.75, 3.05) is 7.11 Å². The molecule has 0 amide bonds. The van der Waals surface area contributed by atoms with Crippen LogP contribution in [0.2, 0.25) is 0 Å². The molecule has 0 spiro atoms. The first-order valence-corrected chi connectivity index (χ1v) is 6.73. The zero-order valence-corrected chi connectivity index (χ0v) is 11.2. The molecule has 1 aromatic carbocycles. The molecule has 1 aromatic rings. The Bertz CT molecular complexity index is 464. The third-order valence-corrected chi connectivity index (χ3v) is 3.65. The van der Waals surface area contributed by atoms with Crippen molar-refractivity contribution in [3.8, 4) is 11.8 Å². The molecule has 3 nitrogen and oxygen atoms in total. The summed E-state index contributed by atoms with van der Waals surface area (Å²) in [5.41, 5.74) is 0.659. The predicted molar refractivity (Wildman–Crippen MR) is 71.3 cm³/mol. The molecule has 0 radical (unpaired) electrons. The van der Waals surface area contributed by atoms with Crippen LogP contribution in [-0.4, -0.2) is 13.2 Å². The molecule has 1 saturated carbocycles. The van der Waals surface area contributed by atoms with Crippen LogP contribution in [0.15, 0.2) is 18.2 Å². The molecule has 0 aliphatic heterocycles. The lowest BCUT2D eigenvalue weighted by atomic mass is 9.94. The summed E-state index contributed by atoms with van der Waals surface area (Å²) in [7, 11) is 1.43. The van der Waals surface area contributed by atoms with E-state index >= 15 is 0 Å². The van der Waals surface area contributed by atoms with Crippen molar-refractivity contribution in [1.82, 2.24) is 5.32 Å². The van der Waals surface area contributed by atoms with Gasteiger partial charge in [0.2, 0.25) is 0 Å². The number of halogens is 1. The Morgan fingerprint density at radius 1 is 1.37 bits per heavy atom. The van der Waals surface area contributed by atoms with Crippen LogP contribution < -0.4 is 10.1 Å². The van der Waals surface area contributed by atoms with Crippen LogP contribution in [0, 0.1) is 17.1 Å². The second-order valence-electron chi connectivity index (χ2n) is 4.96. The Balaban J connectivity index is 2.08. The molecule has 0 saturated heterocycles. The summed E-state index contributed by atoms with van der Waals surface area (Å²) in [4.78, 5) is 0. The molecule has 1 N–H and O–H groups in total. The van der Waals surface area contributed by atoms with Crippen molar-refractivity contribution in [2.45, 2.75) is 44.2 Å². The summed E-state index contributed by atoms with van der Waals surface area (Å²) in [6.07, 6.45) is 5.86. The van der Waals surface area contributed by atoms with Gasteiger partial charge in [0.25, 0.3) is 0 Å². The summed E-state index contributed by atoms with van der Waals surface area (Å²) < 4.78 is 18.5. The number of hydrogen-bond acceptors (Lipinski definition) is 3. The lowest BCUT2D eigenvalue weighted by molar-refractivity contribution is 0.358. The number of rotatable bonds is 4. The van der Waals surface area contributed by atoms with E-state index in [2.05, 4.69) is 11.4 Å². The smallest absolute Gasteiger partial charge is 0.165 e. The van der Waals surface area contributed by atoms with Gasteiger partial charge in [-0.1, -0.05) is 25.3 Å². The quantitative estimate of drug-likeness (QED) is 0.905. The Morgan fingerprint density at radius 3 is 2.68 bits per heavy atom. The van der Waals surface area contributed by atoms with Crippen LogP contribution in [-0.2, 0) is 0 Å². The topological polar surface area (TPSA) is 45.0 Å². The minimum Gasteiger partial charge on any atom is -0.494 e. The molecule has 4 heteroatoms. The maximum atomic E-state index is 13.7. The van der Waals surface area contributed by atoms with Crippen LogP contribution >= 0.6 is 0 Å². The van der Waals surface area contributed by atoms with E-state index in [-0.39, 0.29) is 5.75 Å². The third kappa shape index (κ3) is 3.45. The first kappa shape index (κ1) is 13.8. The number of benzene rings is 1. The molecule has 0 aromatic heterocycles. The van der Waals surface area contributed by atoms with E-state index in [1.54, 1.807) is 12.1 Å². The van der Waals surface area contributed by atoms with E-state index in [1.165, 1.54) is 32.4 Å². The number of nitrogens with one attached hydrogen (secondary N) is 1. The lowest BCUT2D eigenvalue weighted by Crippen LogP contribution is -2.33. The molecule has 0 bridgehead atoms. The van der Waals surface area contributed by atoms with E-state index in [1.807, 2.05) is 0 Å². The van der Waals surface area contributed by atoms with E-state index in [0.29, 0.717) is 11.6 Å². The van der Waals surface area contributed by atoms with Gasteiger partial charge in [0.1, 0.15) is 6.04 Å². The fraction of sp³-hybridized carbons (Fsp3) is 0.533. The standard InChI is InChI=1S/C15H19FN2O/c1-19-15-8-7-11(9-13(15)16)14(10-17)18-12-5-3-2-4-6-12/h7-9,12,14,18H,2-6H2,1H3. The van der Waals surface area contributed by atoms with Gasteiger partial charge in [-0.25, -0.2) is 4.39 Å². The number of nitrogens with zero attached hydrogens (tertiary/aromatic N) is 1. The highest BCUT2D eigenvalue weighted by atomic mass is 19.1. The molecule has 19 heavy (non-hydrogen) atoms. The highest BCUT2D eigenvalue weighted by Gasteiger charge is 2.19. The minimum absolute atomic E-state index is 0.207.